The Hall–Kier alpha value is -1.95. The van der Waals surface area contributed by atoms with E-state index in [0.717, 1.165) is 5.56 Å². The average molecular weight is 486 g/mol. The van der Waals surface area contributed by atoms with Crippen LogP contribution in [0.5, 0.6) is 5.75 Å². The maximum absolute atomic E-state index is 13.2. The molecule has 0 saturated carbocycles. The number of rotatable bonds is 8. The minimum Gasteiger partial charge on any atom is -0.482 e. The fourth-order valence-corrected chi connectivity index (χ4v) is 3.50. The smallest absolute Gasteiger partial charge is 0.261 e. The van der Waals surface area contributed by atoms with Gasteiger partial charge in [0.2, 0.25) is 5.91 Å². The molecule has 2 amide bonds. The first-order valence-corrected chi connectivity index (χ1v) is 11.1. The molecule has 8 heteroatoms. The lowest BCUT2D eigenvalue weighted by atomic mass is 10.1. The Bertz CT molecular complexity index is 929. The van der Waals surface area contributed by atoms with E-state index < -0.39 is 11.6 Å². The first-order chi connectivity index (χ1) is 14.5. The van der Waals surface area contributed by atoms with Crippen LogP contribution in [0.3, 0.4) is 0 Å². The Morgan fingerprint density at radius 2 is 1.71 bits per heavy atom. The molecule has 1 atom stereocenters. The standard InChI is InChI=1S/C23H27Cl3N2O3/c1-5-19(22(30)27-23(2,3)4)28(13-15-10-11-16(24)18(26)12-15)21(29)14-31-20-9-7-6-8-17(20)25/h6-12,19H,5,13-14H2,1-4H3,(H,27,30). The summed E-state index contributed by atoms with van der Waals surface area (Å²) in [6, 6.07) is 11.4. The summed E-state index contributed by atoms with van der Waals surface area (Å²) in [4.78, 5) is 27.6. The summed E-state index contributed by atoms with van der Waals surface area (Å²) in [5.74, 6) is -0.178. The highest BCUT2D eigenvalue weighted by Gasteiger charge is 2.31. The van der Waals surface area contributed by atoms with E-state index in [1.54, 1.807) is 42.5 Å². The molecule has 2 rings (SSSR count). The number of para-hydroxylation sites is 1. The van der Waals surface area contributed by atoms with Crippen molar-refractivity contribution < 1.29 is 14.3 Å². The van der Waals surface area contributed by atoms with Gasteiger partial charge < -0.3 is 15.0 Å². The Kier molecular flexibility index (Phi) is 9.04. The van der Waals surface area contributed by atoms with Gasteiger partial charge in [0.1, 0.15) is 11.8 Å². The Labute approximate surface area is 198 Å². The van der Waals surface area contributed by atoms with Crippen LogP contribution in [0.4, 0.5) is 0 Å². The lowest BCUT2D eigenvalue weighted by molar-refractivity contribution is -0.143. The molecular formula is C23H27Cl3N2O3. The normalized spacial score (nSPS) is 12.2. The van der Waals surface area contributed by atoms with Gasteiger partial charge in [-0.2, -0.15) is 0 Å². The molecule has 0 aliphatic carbocycles. The van der Waals surface area contributed by atoms with Gasteiger partial charge in [0, 0.05) is 12.1 Å². The highest BCUT2D eigenvalue weighted by Crippen LogP contribution is 2.25. The second kappa shape index (κ2) is 11.1. The van der Waals surface area contributed by atoms with E-state index in [2.05, 4.69) is 5.32 Å². The van der Waals surface area contributed by atoms with E-state index >= 15 is 0 Å². The van der Waals surface area contributed by atoms with Crippen LogP contribution < -0.4 is 10.1 Å². The minimum absolute atomic E-state index is 0.178. The fraction of sp³-hybridized carbons (Fsp3) is 0.391. The number of halogens is 3. The van der Waals surface area contributed by atoms with Crippen LogP contribution in [0.15, 0.2) is 42.5 Å². The van der Waals surface area contributed by atoms with Crippen molar-refractivity contribution in [3.05, 3.63) is 63.1 Å². The third-order valence-corrected chi connectivity index (χ3v) is 5.46. The molecule has 0 aliphatic rings. The minimum atomic E-state index is -0.684. The van der Waals surface area contributed by atoms with Crippen molar-refractivity contribution in [2.24, 2.45) is 0 Å². The molecule has 0 aromatic heterocycles. The van der Waals surface area contributed by atoms with Crippen molar-refractivity contribution in [3.63, 3.8) is 0 Å². The van der Waals surface area contributed by atoms with Crippen LogP contribution in [-0.2, 0) is 16.1 Å². The average Bonchev–Trinajstić information content (AvgIpc) is 2.68. The van der Waals surface area contributed by atoms with E-state index in [0.29, 0.717) is 27.2 Å². The molecule has 0 radical (unpaired) electrons. The van der Waals surface area contributed by atoms with Crippen molar-refractivity contribution in [1.29, 1.82) is 0 Å². The number of nitrogens with zero attached hydrogens (tertiary/aromatic N) is 1. The van der Waals surface area contributed by atoms with Crippen LogP contribution in [0.1, 0.15) is 39.7 Å². The molecule has 168 valence electrons. The second-order valence-corrected chi connectivity index (χ2v) is 9.37. The lowest BCUT2D eigenvalue weighted by Gasteiger charge is -2.33. The molecule has 0 aliphatic heterocycles. The SMILES string of the molecule is CCC(C(=O)NC(C)(C)C)N(Cc1ccc(Cl)c(Cl)c1)C(=O)COc1ccccc1Cl. The van der Waals surface area contributed by atoms with Crippen LogP contribution in [0, 0.1) is 0 Å². The van der Waals surface area contributed by atoms with Crippen LogP contribution in [0.25, 0.3) is 0 Å². The number of ether oxygens (including phenoxy) is 1. The maximum Gasteiger partial charge on any atom is 0.261 e. The highest BCUT2D eigenvalue weighted by atomic mass is 35.5. The summed E-state index contributed by atoms with van der Waals surface area (Å²) >= 11 is 18.3. The van der Waals surface area contributed by atoms with E-state index in [1.165, 1.54) is 4.90 Å². The molecule has 31 heavy (non-hydrogen) atoms. The third kappa shape index (κ3) is 7.60. The molecule has 2 aromatic rings. The molecule has 0 bridgehead atoms. The molecular weight excluding hydrogens is 459 g/mol. The molecule has 1 unspecified atom stereocenters. The summed E-state index contributed by atoms with van der Waals surface area (Å²) in [7, 11) is 0. The van der Waals surface area contributed by atoms with Crippen molar-refractivity contribution in [3.8, 4) is 5.75 Å². The van der Waals surface area contributed by atoms with Gasteiger partial charge in [-0.1, -0.05) is 59.9 Å². The first kappa shape index (κ1) is 25.3. The molecule has 0 heterocycles. The monoisotopic (exact) mass is 484 g/mol. The van der Waals surface area contributed by atoms with Crippen molar-refractivity contribution in [2.45, 2.75) is 52.2 Å². The fourth-order valence-electron chi connectivity index (χ4n) is 2.99. The van der Waals surface area contributed by atoms with Crippen molar-refractivity contribution in [2.75, 3.05) is 6.61 Å². The lowest BCUT2D eigenvalue weighted by Crippen LogP contribution is -2.54. The zero-order valence-corrected chi connectivity index (χ0v) is 20.3. The van der Waals surface area contributed by atoms with Gasteiger partial charge in [-0.15, -0.1) is 0 Å². The van der Waals surface area contributed by atoms with Gasteiger partial charge in [0.15, 0.2) is 6.61 Å². The molecule has 2 aromatic carbocycles. The molecule has 1 N–H and O–H groups in total. The Balaban J connectivity index is 2.28. The highest BCUT2D eigenvalue weighted by molar-refractivity contribution is 6.42. The van der Waals surface area contributed by atoms with Crippen LogP contribution >= 0.6 is 34.8 Å². The van der Waals surface area contributed by atoms with Gasteiger partial charge in [0.25, 0.3) is 5.91 Å². The number of amides is 2. The number of nitrogens with one attached hydrogen (secondary N) is 1. The molecule has 0 spiro atoms. The van der Waals surface area contributed by atoms with Crippen molar-refractivity contribution in [1.82, 2.24) is 10.2 Å². The zero-order valence-electron chi connectivity index (χ0n) is 18.0. The number of hydrogen-bond donors (Lipinski definition) is 1. The summed E-state index contributed by atoms with van der Waals surface area (Å²) in [6.07, 6.45) is 0.432. The summed E-state index contributed by atoms with van der Waals surface area (Å²) in [5.41, 5.74) is 0.319. The van der Waals surface area contributed by atoms with Gasteiger partial charge in [-0.3, -0.25) is 9.59 Å². The van der Waals surface area contributed by atoms with Gasteiger partial charge in [0.05, 0.1) is 15.1 Å². The maximum atomic E-state index is 13.2. The summed E-state index contributed by atoms with van der Waals surface area (Å²) < 4.78 is 5.63. The first-order valence-electron chi connectivity index (χ1n) is 9.94. The molecule has 0 fully saturated rings. The summed E-state index contributed by atoms with van der Waals surface area (Å²) in [5, 5.41) is 4.16. The van der Waals surface area contributed by atoms with Gasteiger partial charge >= 0.3 is 0 Å². The van der Waals surface area contributed by atoms with Gasteiger partial charge in [-0.25, -0.2) is 0 Å². The Morgan fingerprint density at radius 1 is 1.03 bits per heavy atom. The Morgan fingerprint density at radius 3 is 2.29 bits per heavy atom. The van der Waals surface area contributed by atoms with Crippen LogP contribution in [0.2, 0.25) is 15.1 Å². The topological polar surface area (TPSA) is 58.6 Å². The van der Waals surface area contributed by atoms with E-state index in [-0.39, 0.29) is 25.0 Å². The predicted octanol–water partition coefficient (Wildman–Crippen LogP) is 5.75. The predicted molar refractivity (Wildman–Crippen MR) is 126 cm³/mol. The van der Waals surface area contributed by atoms with Crippen LogP contribution in [-0.4, -0.2) is 34.9 Å². The van der Waals surface area contributed by atoms with E-state index in [1.807, 2.05) is 27.7 Å². The third-order valence-electron chi connectivity index (χ3n) is 4.41. The number of hydrogen-bond acceptors (Lipinski definition) is 3. The molecule has 0 saturated heterocycles. The largest absolute Gasteiger partial charge is 0.482 e. The molecule has 5 nitrogen and oxygen atoms in total. The zero-order chi connectivity index (χ0) is 23.2. The second-order valence-electron chi connectivity index (χ2n) is 8.15. The number of benzene rings is 2. The van der Waals surface area contributed by atoms with E-state index in [4.69, 9.17) is 39.5 Å². The van der Waals surface area contributed by atoms with Crippen molar-refractivity contribution >= 4 is 46.6 Å². The number of carbonyl (C=O) groups excluding carboxylic acids is 2. The van der Waals surface area contributed by atoms with E-state index in [9.17, 15) is 9.59 Å². The quantitative estimate of drug-likeness (QED) is 0.518. The number of carbonyl (C=O) groups is 2. The summed E-state index contributed by atoms with van der Waals surface area (Å²) in [6.45, 7) is 7.45. The van der Waals surface area contributed by atoms with Gasteiger partial charge in [-0.05, 0) is 57.0 Å².